The van der Waals surface area contributed by atoms with Crippen molar-refractivity contribution in [3.8, 4) is 0 Å². The summed E-state index contributed by atoms with van der Waals surface area (Å²) in [4.78, 5) is 14.1. The highest BCUT2D eigenvalue weighted by atomic mass is 35.5. The van der Waals surface area contributed by atoms with Crippen LogP contribution in [0, 0.1) is 5.82 Å². The number of nitrogens with zero attached hydrogens (tertiary/aromatic N) is 1. The molecule has 1 amide bonds. The smallest absolute Gasteiger partial charge is 0.234 e. The standard InChI is InChI=1S/C15H22FN3O.ClH/c1-17-14-3-2-8-19(10-14)11-15(20)18-9-12-4-6-13(16)7-5-12;/h4-7,14,17H,2-3,8-11H2,1H3,(H,18,20);1H. The summed E-state index contributed by atoms with van der Waals surface area (Å²) in [6.07, 6.45) is 2.29. The predicted molar refractivity (Wildman–Crippen MR) is 84.0 cm³/mol. The Balaban J connectivity index is 0.00000220. The first-order valence-corrected chi connectivity index (χ1v) is 7.08. The number of amides is 1. The molecule has 1 saturated heterocycles. The molecule has 0 saturated carbocycles. The van der Waals surface area contributed by atoms with Crippen molar-refractivity contribution in [1.29, 1.82) is 0 Å². The molecule has 1 aromatic carbocycles. The van der Waals surface area contributed by atoms with E-state index in [4.69, 9.17) is 0 Å². The first-order valence-electron chi connectivity index (χ1n) is 7.08. The summed E-state index contributed by atoms with van der Waals surface area (Å²) in [6.45, 7) is 2.77. The molecular weight excluding hydrogens is 293 g/mol. The van der Waals surface area contributed by atoms with Crippen molar-refractivity contribution < 1.29 is 9.18 Å². The van der Waals surface area contributed by atoms with E-state index in [1.54, 1.807) is 12.1 Å². The van der Waals surface area contributed by atoms with E-state index in [9.17, 15) is 9.18 Å². The molecule has 0 aliphatic carbocycles. The normalized spacial score (nSPS) is 18.9. The van der Waals surface area contributed by atoms with Gasteiger partial charge in [-0.2, -0.15) is 0 Å². The Morgan fingerprint density at radius 2 is 2.10 bits per heavy atom. The number of halogens is 2. The van der Waals surface area contributed by atoms with Crippen LogP contribution in [0.4, 0.5) is 4.39 Å². The van der Waals surface area contributed by atoms with Gasteiger partial charge in [0.05, 0.1) is 6.54 Å². The molecule has 2 rings (SSSR count). The van der Waals surface area contributed by atoms with Crippen LogP contribution in [0.3, 0.4) is 0 Å². The molecule has 1 fully saturated rings. The summed E-state index contributed by atoms with van der Waals surface area (Å²) >= 11 is 0. The molecule has 1 aromatic rings. The van der Waals surface area contributed by atoms with Gasteiger partial charge in [0.1, 0.15) is 5.82 Å². The van der Waals surface area contributed by atoms with Gasteiger partial charge in [-0.1, -0.05) is 12.1 Å². The molecule has 1 aliphatic rings. The van der Waals surface area contributed by atoms with Crippen LogP contribution in [-0.4, -0.2) is 43.5 Å². The lowest BCUT2D eigenvalue weighted by Gasteiger charge is -2.31. The van der Waals surface area contributed by atoms with Crippen LogP contribution in [0.25, 0.3) is 0 Å². The van der Waals surface area contributed by atoms with Gasteiger partial charge in [-0.25, -0.2) is 4.39 Å². The van der Waals surface area contributed by atoms with Gasteiger partial charge >= 0.3 is 0 Å². The zero-order valence-corrected chi connectivity index (χ0v) is 13.1. The zero-order chi connectivity index (χ0) is 14.4. The largest absolute Gasteiger partial charge is 0.351 e. The number of likely N-dealkylation sites (N-methyl/N-ethyl adjacent to an activating group) is 1. The van der Waals surface area contributed by atoms with Gasteiger partial charge < -0.3 is 10.6 Å². The van der Waals surface area contributed by atoms with Gasteiger partial charge in [0.2, 0.25) is 5.91 Å². The fraction of sp³-hybridized carbons (Fsp3) is 0.533. The van der Waals surface area contributed by atoms with Crippen molar-refractivity contribution in [3.63, 3.8) is 0 Å². The molecule has 6 heteroatoms. The number of benzene rings is 1. The second kappa shape index (κ2) is 8.97. The second-order valence-electron chi connectivity index (χ2n) is 5.27. The lowest BCUT2D eigenvalue weighted by Crippen LogP contribution is -2.47. The van der Waals surface area contributed by atoms with Crippen molar-refractivity contribution >= 4 is 18.3 Å². The summed E-state index contributed by atoms with van der Waals surface area (Å²) in [7, 11) is 1.96. The maximum atomic E-state index is 12.8. The molecule has 21 heavy (non-hydrogen) atoms. The maximum Gasteiger partial charge on any atom is 0.234 e. The Morgan fingerprint density at radius 3 is 2.76 bits per heavy atom. The van der Waals surface area contributed by atoms with Gasteiger partial charge in [-0.05, 0) is 44.1 Å². The number of carbonyl (C=O) groups is 1. The fourth-order valence-corrected chi connectivity index (χ4v) is 2.50. The first-order chi connectivity index (χ1) is 9.67. The van der Waals surface area contributed by atoms with Crippen molar-refractivity contribution in [2.45, 2.75) is 25.4 Å². The number of likely N-dealkylation sites (tertiary alicyclic amines) is 1. The average molecular weight is 316 g/mol. The molecule has 4 nitrogen and oxygen atoms in total. The Morgan fingerprint density at radius 1 is 1.38 bits per heavy atom. The zero-order valence-electron chi connectivity index (χ0n) is 12.3. The summed E-state index contributed by atoms with van der Waals surface area (Å²) < 4.78 is 12.8. The molecule has 118 valence electrons. The predicted octanol–water partition coefficient (Wildman–Crippen LogP) is 1.55. The quantitative estimate of drug-likeness (QED) is 0.866. The minimum Gasteiger partial charge on any atom is -0.351 e. The van der Waals surface area contributed by atoms with Gasteiger partial charge in [-0.3, -0.25) is 9.69 Å². The highest BCUT2D eigenvalue weighted by Crippen LogP contribution is 2.09. The molecule has 2 N–H and O–H groups in total. The summed E-state index contributed by atoms with van der Waals surface area (Å²) in [6, 6.07) is 6.67. The van der Waals surface area contributed by atoms with Crippen LogP contribution < -0.4 is 10.6 Å². The van der Waals surface area contributed by atoms with E-state index < -0.39 is 0 Å². The van der Waals surface area contributed by atoms with Crippen molar-refractivity contribution in [3.05, 3.63) is 35.6 Å². The Kier molecular flexibility index (Phi) is 7.64. The lowest BCUT2D eigenvalue weighted by atomic mass is 10.1. The average Bonchev–Trinajstić information content (AvgIpc) is 2.47. The lowest BCUT2D eigenvalue weighted by molar-refractivity contribution is -0.122. The summed E-state index contributed by atoms with van der Waals surface area (Å²) in [5, 5.41) is 6.14. The SMILES string of the molecule is CNC1CCCN(CC(=O)NCc2ccc(F)cc2)C1.Cl. The number of hydrogen-bond donors (Lipinski definition) is 2. The van der Waals surface area contributed by atoms with Gasteiger partial charge in [0.15, 0.2) is 0 Å². The van der Waals surface area contributed by atoms with Crippen LogP contribution >= 0.6 is 12.4 Å². The highest BCUT2D eigenvalue weighted by molar-refractivity contribution is 5.85. The van der Waals surface area contributed by atoms with E-state index in [0.29, 0.717) is 19.1 Å². The van der Waals surface area contributed by atoms with Crippen LogP contribution in [-0.2, 0) is 11.3 Å². The minimum absolute atomic E-state index is 0. The van der Waals surface area contributed by atoms with Crippen LogP contribution in [0.1, 0.15) is 18.4 Å². The Bertz CT molecular complexity index is 441. The molecule has 0 aromatic heterocycles. The van der Waals surface area contributed by atoms with E-state index in [0.717, 1.165) is 25.1 Å². The third-order valence-electron chi connectivity index (χ3n) is 3.68. The molecule has 1 unspecified atom stereocenters. The third-order valence-corrected chi connectivity index (χ3v) is 3.68. The van der Waals surface area contributed by atoms with E-state index >= 15 is 0 Å². The number of rotatable bonds is 5. The van der Waals surface area contributed by atoms with E-state index in [1.165, 1.54) is 18.6 Å². The van der Waals surface area contributed by atoms with Crippen LogP contribution in [0.2, 0.25) is 0 Å². The van der Waals surface area contributed by atoms with E-state index in [2.05, 4.69) is 15.5 Å². The maximum absolute atomic E-state index is 12.8. The first kappa shape index (κ1) is 17.9. The van der Waals surface area contributed by atoms with Gasteiger partial charge in [0.25, 0.3) is 0 Å². The Hall–Kier alpha value is -1.17. The molecule has 1 heterocycles. The molecule has 0 bridgehead atoms. The molecule has 0 spiro atoms. The van der Waals surface area contributed by atoms with E-state index in [-0.39, 0.29) is 24.1 Å². The molecule has 1 aliphatic heterocycles. The molecular formula is C15H23ClFN3O. The topological polar surface area (TPSA) is 44.4 Å². The number of nitrogens with one attached hydrogen (secondary N) is 2. The number of hydrogen-bond acceptors (Lipinski definition) is 3. The summed E-state index contributed by atoms with van der Waals surface area (Å²) in [5.74, 6) is -0.238. The van der Waals surface area contributed by atoms with Crippen LogP contribution in [0.15, 0.2) is 24.3 Å². The minimum atomic E-state index is -0.258. The van der Waals surface area contributed by atoms with Crippen molar-refractivity contribution in [2.24, 2.45) is 0 Å². The summed E-state index contributed by atoms with van der Waals surface area (Å²) in [5.41, 5.74) is 0.909. The highest BCUT2D eigenvalue weighted by Gasteiger charge is 2.19. The molecule has 1 atom stereocenters. The number of piperidine rings is 1. The fourth-order valence-electron chi connectivity index (χ4n) is 2.50. The van der Waals surface area contributed by atoms with Crippen molar-refractivity contribution in [1.82, 2.24) is 15.5 Å². The Labute approximate surface area is 131 Å². The van der Waals surface area contributed by atoms with Crippen molar-refractivity contribution in [2.75, 3.05) is 26.7 Å². The second-order valence-corrected chi connectivity index (χ2v) is 5.27. The van der Waals surface area contributed by atoms with Crippen LogP contribution in [0.5, 0.6) is 0 Å². The number of carbonyl (C=O) groups excluding carboxylic acids is 1. The molecule has 0 radical (unpaired) electrons. The monoisotopic (exact) mass is 315 g/mol. The van der Waals surface area contributed by atoms with Gasteiger partial charge in [-0.15, -0.1) is 12.4 Å². The van der Waals surface area contributed by atoms with E-state index in [1.807, 2.05) is 7.05 Å². The third kappa shape index (κ3) is 5.99. The van der Waals surface area contributed by atoms with Gasteiger partial charge in [0, 0.05) is 19.1 Å².